The zero-order chi connectivity index (χ0) is 20.3. The summed E-state index contributed by atoms with van der Waals surface area (Å²) in [5.41, 5.74) is 0.682. The van der Waals surface area contributed by atoms with E-state index in [9.17, 15) is 14.4 Å². The van der Waals surface area contributed by atoms with E-state index >= 15 is 0 Å². The number of likely N-dealkylation sites (tertiary alicyclic amines) is 1. The number of nitrogens with one attached hydrogen (secondary N) is 2. The summed E-state index contributed by atoms with van der Waals surface area (Å²) >= 11 is 1.44. The van der Waals surface area contributed by atoms with Gasteiger partial charge < -0.3 is 10.6 Å². The quantitative estimate of drug-likeness (QED) is 0.373. The van der Waals surface area contributed by atoms with Gasteiger partial charge in [0, 0.05) is 25.4 Å². The standard InChI is InChI=1S/C17H23N7O3S/c1-10(2)20-15-11-8-19-24(16(11)22-17(21-15)28-3)7-6-18-12(25)9-23-13(26)4-5-14(23)27/h8,10H,4-7,9H2,1-3H3,(H,18,25)(H,20,21,22). The van der Waals surface area contributed by atoms with Gasteiger partial charge in [-0.3, -0.25) is 19.3 Å². The molecular weight excluding hydrogens is 382 g/mol. The zero-order valence-electron chi connectivity index (χ0n) is 16.1. The molecule has 3 heterocycles. The lowest BCUT2D eigenvalue weighted by atomic mass is 10.3. The van der Waals surface area contributed by atoms with E-state index < -0.39 is 0 Å². The second-order valence-corrected chi connectivity index (χ2v) is 7.46. The van der Waals surface area contributed by atoms with Gasteiger partial charge in [0.1, 0.15) is 12.4 Å². The van der Waals surface area contributed by atoms with Gasteiger partial charge in [-0.25, -0.2) is 14.6 Å². The molecule has 11 heteroatoms. The van der Waals surface area contributed by atoms with Gasteiger partial charge in [-0.2, -0.15) is 5.10 Å². The van der Waals surface area contributed by atoms with E-state index in [-0.39, 0.29) is 43.1 Å². The highest BCUT2D eigenvalue weighted by Crippen LogP contribution is 2.23. The van der Waals surface area contributed by atoms with Gasteiger partial charge in [-0.05, 0) is 20.1 Å². The lowest BCUT2D eigenvalue weighted by molar-refractivity contribution is -0.142. The number of amides is 3. The Labute approximate surface area is 166 Å². The van der Waals surface area contributed by atoms with Gasteiger partial charge in [-0.1, -0.05) is 11.8 Å². The number of imide groups is 1. The molecule has 0 saturated carbocycles. The van der Waals surface area contributed by atoms with E-state index in [2.05, 4.69) is 25.7 Å². The number of aromatic nitrogens is 4. The Morgan fingerprint density at radius 1 is 1.25 bits per heavy atom. The van der Waals surface area contributed by atoms with E-state index in [0.717, 1.165) is 16.1 Å². The van der Waals surface area contributed by atoms with Crippen molar-refractivity contribution in [3.05, 3.63) is 6.20 Å². The van der Waals surface area contributed by atoms with Crippen molar-refractivity contribution >= 4 is 46.3 Å². The summed E-state index contributed by atoms with van der Waals surface area (Å²) in [6.45, 7) is 4.53. The van der Waals surface area contributed by atoms with Crippen LogP contribution < -0.4 is 10.6 Å². The highest BCUT2D eigenvalue weighted by Gasteiger charge is 2.30. The van der Waals surface area contributed by atoms with Crippen LogP contribution in [0.15, 0.2) is 11.4 Å². The smallest absolute Gasteiger partial charge is 0.240 e. The topological polar surface area (TPSA) is 122 Å². The number of fused-ring (bicyclic) bond motifs is 1. The molecule has 2 N–H and O–H groups in total. The van der Waals surface area contributed by atoms with Gasteiger partial charge >= 0.3 is 0 Å². The van der Waals surface area contributed by atoms with Crippen molar-refractivity contribution in [1.82, 2.24) is 30.0 Å². The van der Waals surface area contributed by atoms with Crippen LogP contribution >= 0.6 is 11.8 Å². The summed E-state index contributed by atoms with van der Waals surface area (Å²) in [6.07, 6.45) is 3.96. The van der Waals surface area contributed by atoms with Crippen molar-refractivity contribution < 1.29 is 14.4 Å². The minimum atomic E-state index is -0.373. The average molecular weight is 405 g/mol. The first-order chi connectivity index (χ1) is 13.4. The molecular formula is C17H23N7O3S. The van der Waals surface area contributed by atoms with Crippen molar-refractivity contribution in [2.75, 3.05) is 24.7 Å². The van der Waals surface area contributed by atoms with E-state index in [0.29, 0.717) is 23.9 Å². The Kier molecular flexibility index (Phi) is 6.12. The third kappa shape index (κ3) is 4.41. The first-order valence-electron chi connectivity index (χ1n) is 9.03. The van der Waals surface area contributed by atoms with E-state index in [1.807, 2.05) is 20.1 Å². The maximum absolute atomic E-state index is 12.0. The van der Waals surface area contributed by atoms with Crippen LogP contribution in [0.2, 0.25) is 0 Å². The predicted molar refractivity (Wildman–Crippen MR) is 105 cm³/mol. The van der Waals surface area contributed by atoms with Gasteiger partial charge in [0.05, 0.1) is 18.1 Å². The molecule has 0 unspecified atom stereocenters. The number of hydrogen-bond donors (Lipinski definition) is 2. The summed E-state index contributed by atoms with van der Waals surface area (Å²) < 4.78 is 1.70. The highest BCUT2D eigenvalue weighted by atomic mass is 32.2. The highest BCUT2D eigenvalue weighted by molar-refractivity contribution is 7.98. The fraction of sp³-hybridized carbons (Fsp3) is 0.529. The minimum absolute atomic E-state index is 0.176. The maximum Gasteiger partial charge on any atom is 0.240 e. The van der Waals surface area contributed by atoms with Crippen molar-refractivity contribution in [3.63, 3.8) is 0 Å². The Balaban J connectivity index is 1.65. The second-order valence-electron chi connectivity index (χ2n) is 6.69. The van der Waals surface area contributed by atoms with Crippen LogP contribution in [0.3, 0.4) is 0 Å². The minimum Gasteiger partial charge on any atom is -0.367 e. The number of hydrogen-bond acceptors (Lipinski definition) is 8. The SMILES string of the molecule is CSc1nc(NC(C)C)c2cnn(CCNC(=O)CN3C(=O)CCC3=O)c2n1. The lowest BCUT2D eigenvalue weighted by Crippen LogP contribution is -2.40. The Morgan fingerprint density at radius 2 is 1.96 bits per heavy atom. The molecule has 1 fully saturated rings. The molecule has 0 atom stereocenters. The van der Waals surface area contributed by atoms with Gasteiger partial charge in [0.2, 0.25) is 17.7 Å². The molecule has 1 saturated heterocycles. The molecule has 3 rings (SSSR count). The van der Waals surface area contributed by atoms with Crippen LogP contribution in [-0.2, 0) is 20.9 Å². The molecule has 0 aliphatic carbocycles. The third-order valence-corrected chi connectivity index (χ3v) is 4.73. The van der Waals surface area contributed by atoms with Crippen molar-refractivity contribution in [2.45, 2.75) is 44.4 Å². The number of thioether (sulfide) groups is 1. The number of rotatable bonds is 8. The molecule has 2 aromatic heterocycles. The fourth-order valence-corrected chi connectivity index (χ4v) is 3.23. The molecule has 0 spiro atoms. The van der Waals surface area contributed by atoms with Crippen LogP contribution in [0, 0.1) is 0 Å². The normalized spacial score (nSPS) is 14.4. The summed E-state index contributed by atoms with van der Waals surface area (Å²) in [4.78, 5) is 45.2. The first-order valence-corrected chi connectivity index (χ1v) is 10.3. The Hall–Kier alpha value is -2.69. The summed E-state index contributed by atoms with van der Waals surface area (Å²) in [5, 5.41) is 11.8. The summed E-state index contributed by atoms with van der Waals surface area (Å²) in [6, 6.07) is 0.214. The molecule has 3 amide bonds. The van der Waals surface area contributed by atoms with Crippen molar-refractivity contribution in [2.24, 2.45) is 0 Å². The van der Waals surface area contributed by atoms with Crippen molar-refractivity contribution in [1.29, 1.82) is 0 Å². The molecule has 0 bridgehead atoms. The van der Waals surface area contributed by atoms with Crippen LogP contribution in [0.25, 0.3) is 11.0 Å². The van der Waals surface area contributed by atoms with Gasteiger partial charge in [0.25, 0.3) is 0 Å². The van der Waals surface area contributed by atoms with E-state index in [1.54, 1.807) is 10.9 Å². The third-order valence-electron chi connectivity index (χ3n) is 4.19. The van der Waals surface area contributed by atoms with Gasteiger partial charge in [-0.15, -0.1) is 0 Å². The average Bonchev–Trinajstić information content (AvgIpc) is 3.19. The summed E-state index contributed by atoms with van der Waals surface area (Å²) in [7, 11) is 0. The Bertz CT molecular complexity index is 896. The monoisotopic (exact) mass is 405 g/mol. The maximum atomic E-state index is 12.0. The van der Waals surface area contributed by atoms with Crippen LogP contribution in [0.5, 0.6) is 0 Å². The Morgan fingerprint density at radius 3 is 2.61 bits per heavy atom. The van der Waals surface area contributed by atoms with Crippen molar-refractivity contribution in [3.8, 4) is 0 Å². The molecule has 2 aromatic rings. The lowest BCUT2D eigenvalue weighted by Gasteiger charge is -2.13. The fourth-order valence-electron chi connectivity index (χ4n) is 2.87. The first kappa shape index (κ1) is 20.1. The molecule has 150 valence electrons. The molecule has 0 aromatic carbocycles. The number of carbonyl (C=O) groups excluding carboxylic acids is 3. The van der Waals surface area contributed by atoms with E-state index in [4.69, 9.17) is 0 Å². The number of nitrogens with zero attached hydrogens (tertiary/aromatic N) is 5. The summed E-state index contributed by atoms with van der Waals surface area (Å²) in [5.74, 6) is -0.248. The molecule has 0 radical (unpaired) electrons. The zero-order valence-corrected chi connectivity index (χ0v) is 16.9. The molecule has 1 aliphatic heterocycles. The molecule has 1 aliphatic rings. The number of anilines is 1. The van der Waals surface area contributed by atoms with Crippen LogP contribution in [0.4, 0.5) is 5.82 Å². The second kappa shape index (κ2) is 8.55. The predicted octanol–water partition coefficient (Wildman–Crippen LogP) is 0.634. The van der Waals surface area contributed by atoms with Crippen LogP contribution in [0.1, 0.15) is 26.7 Å². The number of carbonyl (C=O) groups is 3. The van der Waals surface area contributed by atoms with E-state index in [1.165, 1.54) is 11.8 Å². The molecule has 28 heavy (non-hydrogen) atoms. The van der Waals surface area contributed by atoms with Gasteiger partial charge in [0.15, 0.2) is 10.8 Å². The molecule has 10 nitrogen and oxygen atoms in total. The largest absolute Gasteiger partial charge is 0.367 e. The van der Waals surface area contributed by atoms with Crippen LogP contribution in [-0.4, -0.2) is 67.8 Å².